The van der Waals surface area contributed by atoms with Crippen molar-refractivity contribution in [3.63, 3.8) is 0 Å². The predicted molar refractivity (Wildman–Crippen MR) is 74.7 cm³/mol. The quantitative estimate of drug-likeness (QED) is 0.288. The van der Waals surface area contributed by atoms with Crippen LogP contribution in [-0.4, -0.2) is 25.9 Å². The van der Waals surface area contributed by atoms with Crippen molar-refractivity contribution in [1.82, 2.24) is 0 Å². The SMILES string of the molecule is CCCCCCCCCC(CCCl)(OC)OC. The van der Waals surface area contributed by atoms with Crippen molar-refractivity contribution in [3.05, 3.63) is 0 Å². The van der Waals surface area contributed by atoms with E-state index in [0.717, 1.165) is 19.3 Å². The molecule has 0 fully saturated rings. The lowest BCUT2D eigenvalue weighted by molar-refractivity contribution is -0.212. The van der Waals surface area contributed by atoms with E-state index in [0.29, 0.717) is 5.88 Å². The zero-order chi connectivity index (χ0) is 13.0. The van der Waals surface area contributed by atoms with Crippen LogP contribution >= 0.6 is 11.6 Å². The Morgan fingerprint density at radius 1 is 0.824 bits per heavy atom. The second-order valence-corrected chi connectivity index (χ2v) is 5.01. The predicted octanol–water partition coefficient (Wildman–Crippen LogP) is 4.75. The molecule has 0 radical (unpaired) electrons. The molecule has 104 valence electrons. The fourth-order valence-corrected chi connectivity index (χ4v) is 2.40. The van der Waals surface area contributed by atoms with Crippen LogP contribution in [0.5, 0.6) is 0 Å². The maximum Gasteiger partial charge on any atom is 0.168 e. The van der Waals surface area contributed by atoms with Gasteiger partial charge in [-0.3, -0.25) is 0 Å². The van der Waals surface area contributed by atoms with E-state index in [4.69, 9.17) is 21.1 Å². The number of methoxy groups -OCH3 is 2. The van der Waals surface area contributed by atoms with Gasteiger partial charge in [0.05, 0.1) is 0 Å². The van der Waals surface area contributed by atoms with Crippen LogP contribution in [0.3, 0.4) is 0 Å². The van der Waals surface area contributed by atoms with E-state index in [1.54, 1.807) is 14.2 Å². The smallest absolute Gasteiger partial charge is 0.168 e. The van der Waals surface area contributed by atoms with Gasteiger partial charge in [-0.2, -0.15) is 0 Å². The van der Waals surface area contributed by atoms with Crippen LogP contribution in [0.2, 0.25) is 0 Å². The molecule has 0 bridgehead atoms. The van der Waals surface area contributed by atoms with E-state index in [1.807, 2.05) is 0 Å². The Kier molecular flexibility index (Phi) is 11.4. The average molecular weight is 265 g/mol. The summed E-state index contributed by atoms with van der Waals surface area (Å²) in [5, 5.41) is 0. The van der Waals surface area contributed by atoms with Crippen molar-refractivity contribution >= 4 is 11.6 Å². The summed E-state index contributed by atoms with van der Waals surface area (Å²) in [5.41, 5.74) is 0. The maximum absolute atomic E-state index is 5.78. The molecule has 0 aromatic carbocycles. The van der Waals surface area contributed by atoms with Gasteiger partial charge < -0.3 is 9.47 Å². The van der Waals surface area contributed by atoms with Gasteiger partial charge in [-0.05, 0) is 6.42 Å². The lowest BCUT2D eigenvalue weighted by atomic mass is 10.0. The van der Waals surface area contributed by atoms with E-state index >= 15 is 0 Å². The Morgan fingerprint density at radius 3 is 1.82 bits per heavy atom. The Morgan fingerprint density at radius 2 is 1.35 bits per heavy atom. The van der Waals surface area contributed by atoms with Crippen LogP contribution in [0.1, 0.15) is 64.7 Å². The summed E-state index contributed by atoms with van der Waals surface area (Å²) in [7, 11) is 3.41. The molecule has 17 heavy (non-hydrogen) atoms. The third-order valence-electron chi connectivity index (χ3n) is 3.38. The zero-order valence-electron chi connectivity index (χ0n) is 11.8. The van der Waals surface area contributed by atoms with Crippen LogP contribution in [0.25, 0.3) is 0 Å². The van der Waals surface area contributed by atoms with E-state index < -0.39 is 5.79 Å². The number of hydrogen-bond donors (Lipinski definition) is 0. The zero-order valence-corrected chi connectivity index (χ0v) is 12.5. The van der Waals surface area contributed by atoms with Gasteiger partial charge in [-0.25, -0.2) is 0 Å². The molecular weight excluding hydrogens is 236 g/mol. The first-order chi connectivity index (χ1) is 8.24. The molecule has 3 heteroatoms. The first-order valence-corrected chi connectivity index (χ1v) is 7.44. The Hall–Kier alpha value is 0.210. The van der Waals surface area contributed by atoms with Crippen LogP contribution in [-0.2, 0) is 9.47 Å². The van der Waals surface area contributed by atoms with Gasteiger partial charge in [0.25, 0.3) is 0 Å². The minimum absolute atomic E-state index is 0.453. The molecule has 0 aliphatic carbocycles. The highest BCUT2D eigenvalue weighted by molar-refractivity contribution is 6.17. The summed E-state index contributed by atoms with van der Waals surface area (Å²) in [5.74, 6) is 0.128. The number of rotatable bonds is 12. The molecule has 0 saturated heterocycles. The highest BCUT2D eigenvalue weighted by atomic mass is 35.5. The van der Waals surface area contributed by atoms with Gasteiger partial charge in [0.15, 0.2) is 5.79 Å². The molecule has 0 aliphatic heterocycles. The third kappa shape index (κ3) is 8.01. The lowest BCUT2D eigenvalue weighted by Gasteiger charge is -2.30. The maximum atomic E-state index is 5.78. The monoisotopic (exact) mass is 264 g/mol. The van der Waals surface area contributed by atoms with Crippen molar-refractivity contribution in [2.75, 3.05) is 20.1 Å². The lowest BCUT2D eigenvalue weighted by Crippen LogP contribution is -2.34. The van der Waals surface area contributed by atoms with Crippen LogP contribution in [0.4, 0.5) is 0 Å². The molecule has 0 heterocycles. The number of halogens is 1. The molecule has 0 N–H and O–H groups in total. The molecular formula is C14H29ClO2. The Bertz CT molecular complexity index is 158. The fourth-order valence-electron chi connectivity index (χ4n) is 2.11. The van der Waals surface area contributed by atoms with E-state index in [1.165, 1.54) is 38.5 Å². The number of hydrogen-bond acceptors (Lipinski definition) is 2. The standard InChI is InChI=1S/C14H29ClO2/c1-4-5-6-7-8-9-10-11-14(16-2,17-3)12-13-15/h4-13H2,1-3H3. The van der Waals surface area contributed by atoms with Crippen molar-refractivity contribution < 1.29 is 9.47 Å². The molecule has 2 nitrogen and oxygen atoms in total. The molecule has 0 aromatic rings. The topological polar surface area (TPSA) is 18.5 Å². The average Bonchev–Trinajstić information content (AvgIpc) is 2.36. The van der Waals surface area contributed by atoms with Gasteiger partial charge in [-0.1, -0.05) is 45.4 Å². The summed E-state index contributed by atoms with van der Waals surface area (Å²) in [6.07, 6.45) is 10.9. The highest BCUT2D eigenvalue weighted by Crippen LogP contribution is 2.25. The van der Waals surface area contributed by atoms with Gasteiger partial charge in [0, 0.05) is 32.9 Å². The van der Waals surface area contributed by atoms with Gasteiger partial charge >= 0.3 is 0 Å². The number of unbranched alkanes of at least 4 members (excludes halogenated alkanes) is 6. The normalized spacial score (nSPS) is 12.0. The fraction of sp³-hybridized carbons (Fsp3) is 1.00. The van der Waals surface area contributed by atoms with Crippen molar-refractivity contribution in [1.29, 1.82) is 0 Å². The molecule has 0 amide bonds. The summed E-state index contributed by atoms with van der Waals surface area (Å²) >= 11 is 5.78. The van der Waals surface area contributed by atoms with E-state index in [-0.39, 0.29) is 0 Å². The molecule has 0 aromatic heterocycles. The van der Waals surface area contributed by atoms with E-state index in [9.17, 15) is 0 Å². The number of ether oxygens (including phenoxy) is 2. The van der Waals surface area contributed by atoms with Crippen LogP contribution < -0.4 is 0 Å². The van der Waals surface area contributed by atoms with Crippen LogP contribution in [0.15, 0.2) is 0 Å². The third-order valence-corrected chi connectivity index (χ3v) is 3.57. The van der Waals surface area contributed by atoms with Gasteiger partial charge in [0.2, 0.25) is 0 Å². The van der Waals surface area contributed by atoms with Gasteiger partial charge in [-0.15, -0.1) is 11.6 Å². The second-order valence-electron chi connectivity index (χ2n) is 4.63. The second kappa shape index (κ2) is 11.3. The minimum Gasteiger partial charge on any atom is -0.353 e. The largest absolute Gasteiger partial charge is 0.353 e. The molecule has 0 atom stereocenters. The van der Waals surface area contributed by atoms with Gasteiger partial charge in [0.1, 0.15) is 0 Å². The Labute approximate surface area is 112 Å². The van der Waals surface area contributed by atoms with Crippen molar-refractivity contribution in [2.24, 2.45) is 0 Å². The molecule has 0 unspecified atom stereocenters. The molecule has 0 saturated carbocycles. The number of alkyl halides is 1. The van der Waals surface area contributed by atoms with Crippen LogP contribution in [0, 0.1) is 0 Å². The first-order valence-electron chi connectivity index (χ1n) is 6.91. The summed E-state index contributed by atoms with van der Waals surface area (Å²) in [6.45, 7) is 2.25. The highest BCUT2D eigenvalue weighted by Gasteiger charge is 2.27. The van der Waals surface area contributed by atoms with Crippen molar-refractivity contribution in [3.8, 4) is 0 Å². The summed E-state index contributed by atoms with van der Waals surface area (Å²) in [6, 6.07) is 0. The first kappa shape index (κ1) is 17.2. The van der Waals surface area contributed by atoms with Crippen molar-refractivity contribution in [2.45, 2.75) is 70.5 Å². The summed E-state index contributed by atoms with van der Waals surface area (Å²) < 4.78 is 10.9. The van der Waals surface area contributed by atoms with E-state index in [2.05, 4.69) is 6.92 Å². The Balaban J connectivity index is 3.61. The summed E-state index contributed by atoms with van der Waals surface area (Å²) in [4.78, 5) is 0. The molecule has 0 rings (SSSR count). The molecule has 0 spiro atoms. The minimum atomic E-state index is -0.453. The molecule has 0 aliphatic rings.